The van der Waals surface area contributed by atoms with Gasteiger partial charge in [-0.15, -0.1) is 0 Å². The lowest BCUT2D eigenvalue weighted by Crippen LogP contribution is -2.67. The Labute approximate surface area is 404 Å². The zero-order valence-electron chi connectivity index (χ0n) is 39.5. The number of ether oxygens (including phenoxy) is 12. The predicted molar refractivity (Wildman–Crippen MR) is 234 cm³/mol. The average molecular weight is 991 g/mol. The molecule has 2 N–H and O–H groups in total. The number of amides is 2. The molecule has 2 saturated heterocycles. The van der Waals surface area contributed by atoms with E-state index in [4.69, 9.17) is 56.8 Å². The van der Waals surface area contributed by atoms with Crippen LogP contribution >= 0.6 is 0 Å². The van der Waals surface area contributed by atoms with E-state index in [1.165, 1.54) is 38.1 Å². The maximum atomic E-state index is 13.7. The molecule has 0 aliphatic carbocycles. The molecule has 0 aromatic heterocycles. The molecule has 0 bridgehead atoms. The number of nitrogens with one attached hydrogen (secondary N) is 2. The topological polar surface area (TPSA) is 288 Å². The molecule has 3 aromatic rings. The van der Waals surface area contributed by atoms with Gasteiger partial charge in [-0.1, -0.05) is 18.2 Å². The van der Waals surface area contributed by atoms with Crippen LogP contribution < -0.4 is 24.8 Å². The monoisotopic (exact) mass is 990 g/mol. The number of benzene rings is 3. The van der Waals surface area contributed by atoms with Gasteiger partial charge in [-0.3, -0.25) is 38.4 Å². The second-order valence-corrected chi connectivity index (χ2v) is 16.7. The minimum atomic E-state index is -1.65. The zero-order chi connectivity index (χ0) is 51.5. The molecule has 3 aromatic carbocycles. The fraction of sp³-hybridized carbons (Fsp3) is 0.438. The van der Waals surface area contributed by atoms with Crippen molar-refractivity contribution < 1.29 is 100.0 Å². The Kier molecular flexibility index (Phi) is 15.1. The molecular formula is C48H50N2O21. The van der Waals surface area contributed by atoms with Gasteiger partial charge in [0.1, 0.15) is 60.5 Å². The maximum Gasteiger partial charge on any atom is 0.340 e. The molecule has 23 heteroatoms. The summed E-state index contributed by atoms with van der Waals surface area (Å²) in [5, 5.41) is 5.30. The van der Waals surface area contributed by atoms with Crippen LogP contribution in [-0.4, -0.2) is 128 Å². The standard InChI is InChI=1S/C48H50N2O21/c1-21(51)49-39-43(64-27(7)57)41(62-25(5)55)37(19-60-23(3)53)69-46(39)66-29-13-15-33-35(17-29)68-36-18-30(14-16-34(36)48(33)32-12-10-9-11-31(32)45(59)71-48)67-47-40(50-22(2)52)44(65-28(8)58)42(63-26(6)56)38(70-47)20-61-24(4)54/h9-18,37-44,46-47H,19-20H2,1-8H3,(H,49,51)(H,50,52)/t37-,38-,39-,40-,41-,42-,43-,44-,46-,47-/m1/s1. The predicted octanol–water partition coefficient (Wildman–Crippen LogP) is 2.32. The Morgan fingerprint density at radius 3 is 1.32 bits per heavy atom. The third-order valence-electron chi connectivity index (χ3n) is 11.3. The Hall–Kier alpha value is -7.79. The Morgan fingerprint density at radius 1 is 0.521 bits per heavy atom. The molecule has 4 aliphatic rings. The summed E-state index contributed by atoms with van der Waals surface area (Å²) in [6.45, 7) is 8.13. The van der Waals surface area contributed by atoms with Crippen molar-refractivity contribution in [1.29, 1.82) is 0 Å². The van der Waals surface area contributed by atoms with E-state index in [1.807, 2.05) is 0 Å². The first-order valence-corrected chi connectivity index (χ1v) is 22.1. The largest absolute Gasteiger partial charge is 0.463 e. The minimum absolute atomic E-state index is 0.0258. The van der Waals surface area contributed by atoms with Crippen molar-refractivity contribution in [2.45, 2.75) is 122 Å². The first kappa shape index (κ1) is 51.1. The summed E-state index contributed by atoms with van der Waals surface area (Å²) in [5.41, 5.74) is -0.271. The van der Waals surface area contributed by atoms with E-state index in [1.54, 1.807) is 36.4 Å². The number of hydrogen-bond acceptors (Lipinski definition) is 21. The van der Waals surface area contributed by atoms with E-state index in [0.717, 1.165) is 41.5 Å². The van der Waals surface area contributed by atoms with Gasteiger partial charge in [0.2, 0.25) is 24.4 Å². The average Bonchev–Trinajstić information content (AvgIpc) is 3.57. The molecular weight excluding hydrogens is 941 g/mol. The van der Waals surface area contributed by atoms with Gasteiger partial charge < -0.3 is 67.5 Å². The van der Waals surface area contributed by atoms with Crippen LogP contribution in [0.25, 0.3) is 0 Å². The van der Waals surface area contributed by atoms with Crippen molar-refractivity contribution in [2.75, 3.05) is 13.2 Å². The Bertz CT molecular complexity index is 2490. The van der Waals surface area contributed by atoms with Crippen LogP contribution in [0.2, 0.25) is 0 Å². The molecule has 0 saturated carbocycles. The van der Waals surface area contributed by atoms with E-state index in [-0.39, 0.29) is 28.6 Å². The molecule has 2 fully saturated rings. The summed E-state index contributed by atoms with van der Waals surface area (Å²) >= 11 is 0. The second-order valence-electron chi connectivity index (χ2n) is 16.7. The summed E-state index contributed by atoms with van der Waals surface area (Å²) in [6.07, 6.45) is -11.2. The Morgan fingerprint density at radius 2 is 0.930 bits per heavy atom. The molecule has 10 atom stereocenters. The third-order valence-corrected chi connectivity index (χ3v) is 11.3. The van der Waals surface area contributed by atoms with Crippen molar-refractivity contribution in [1.82, 2.24) is 10.6 Å². The van der Waals surface area contributed by atoms with Crippen molar-refractivity contribution in [3.63, 3.8) is 0 Å². The molecule has 71 heavy (non-hydrogen) atoms. The van der Waals surface area contributed by atoms with Gasteiger partial charge in [0, 0.05) is 84.2 Å². The highest BCUT2D eigenvalue weighted by atomic mass is 16.7. The maximum absolute atomic E-state index is 13.7. The quantitative estimate of drug-likeness (QED) is 0.173. The summed E-state index contributed by atoms with van der Waals surface area (Å²) < 4.78 is 70.7. The van der Waals surface area contributed by atoms with E-state index >= 15 is 0 Å². The van der Waals surface area contributed by atoms with E-state index in [0.29, 0.717) is 16.7 Å². The lowest BCUT2D eigenvalue weighted by atomic mass is 9.77. The third kappa shape index (κ3) is 11.2. The van der Waals surface area contributed by atoms with Crippen LogP contribution in [0.3, 0.4) is 0 Å². The lowest BCUT2D eigenvalue weighted by molar-refractivity contribution is -0.257. The van der Waals surface area contributed by atoms with Crippen LogP contribution in [0.5, 0.6) is 23.0 Å². The van der Waals surface area contributed by atoms with Crippen LogP contribution in [0, 0.1) is 0 Å². The van der Waals surface area contributed by atoms with Gasteiger partial charge in [-0.05, 0) is 30.3 Å². The van der Waals surface area contributed by atoms with Crippen molar-refractivity contribution >= 4 is 53.6 Å². The number of esters is 7. The molecule has 2 amide bonds. The van der Waals surface area contributed by atoms with E-state index < -0.39 is 134 Å². The van der Waals surface area contributed by atoms with Gasteiger partial charge in [0.15, 0.2) is 30.0 Å². The Balaban J connectivity index is 1.29. The molecule has 23 nitrogen and oxygen atoms in total. The van der Waals surface area contributed by atoms with Crippen molar-refractivity contribution in [3.05, 3.63) is 82.9 Å². The molecule has 0 unspecified atom stereocenters. The smallest absolute Gasteiger partial charge is 0.340 e. The normalized spacial score (nSPS) is 25.4. The van der Waals surface area contributed by atoms with Gasteiger partial charge >= 0.3 is 41.8 Å². The van der Waals surface area contributed by atoms with Crippen LogP contribution in [-0.2, 0) is 86.6 Å². The SMILES string of the molecule is CC(=O)N[C@H]1[C@H](Oc2ccc3c(c2)Oc2cc(O[C@@H]4O[C@H](COC(C)=O)[C@@H](OC(C)=O)[C@H](OC(C)=O)[C@H]4NC(C)=O)ccc2C32OC(=O)c3ccccc32)O[C@H](COC(C)=O)[C@@H](OC(C)=O)[C@@H]1OC(C)=O. The number of carbonyl (C=O) groups excluding carboxylic acids is 9. The summed E-state index contributed by atoms with van der Waals surface area (Å²) in [6, 6.07) is 13.1. The first-order chi connectivity index (χ1) is 33.6. The van der Waals surface area contributed by atoms with Gasteiger partial charge in [-0.25, -0.2) is 4.79 Å². The molecule has 7 rings (SSSR count). The summed E-state index contributed by atoms with van der Waals surface area (Å²) in [4.78, 5) is 112. The lowest BCUT2D eigenvalue weighted by Gasteiger charge is -2.45. The first-order valence-electron chi connectivity index (χ1n) is 22.1. The summed E-state index contributed by atoms with van der Waals surface area (Å²) in [5.74, 6) is -6.30. The van der Waals surface area contributed by atoms with Crippen LogP contribution in [0.1, 0.15) is 82.4 Å². The number of carbonyl (C=O) groups is 9. The molecule has 1 spiro atoms. The van der Waals surface area contributed by atoms with Gasteiger partial charge in [0.05, 0.1) is 5.56 Å². The molecule has 378 valence electrons. The van der Waals surface area contributed by atoms with E-state index in [9.17, 15) is 43.2 Å². The highest BCUT2D eigenvalue weighted by molar-refractivity contribution is 5.97. The fourth-order valence-corrected chi connectivity index (χ4v) is 8.83. The van der Waals surface area contributed by atoms with Gasteiger partial charge in [0.25, 0.3) is 0 Å². The van der Waals surface area contributed by atoms with E-state index in [2.05, 4.69) is 10.6 Å². The summed E-state index contributed by atoms with van der Waals surface area (Å²) in [7, 11) is 0. The highest BCUT2D eigenvalue weighted by Crippen LogP contribution is 2.57. The number of hydrogen-bond donors (Lipinski definition) is 2. The second kappa shape index (κ2) is 21.1. The molecule has 4 heterocycles. The van der Waals surface area contributed by atoms with Gasteiger partial charge in [-0.2, -0.15) is 0 Å². The highest BCUT2D eigenvalue weighted by Gasteiger charge is 2.56. The van der Waals surface area contributed by atoms with Crippen LogP contribution in [0.4, 0.5) is 0 Å². The number of fused-ring (bicyclic) bond motifs is 6. The zero-order valence-corrected chi connectivity index (χ0v) is 39.5. The minimum Gasteiger partial charge on any atom is -0.463 e. The molecule has 0 radical (unpaired) electrons. The van der Waals surface area contributed by atoms with Crippen molar-refractivity contribution in [3.8, 4) is 23.0 Å². The fourth-order valence-electron chi connectivity index (χ4n) is 8.83. The molecule has 4 aliphatic heterocycles. The van der Waals surface area contributed by atoms with Crippen LogP contribution in [0.15, 0.2) is 60.7 Å². The number of rotatable bonds is 14. The van der Waals surface area contributed by atoms with Crippen molar-refractivity contribution in [2.24, 2.45) is 0 Å².